The number of halogens is 1. The van der Waals surface area contributed by atoms with Gasteiger partial charge in [-0.15, -0.1) is 0 Å². The first-order chi connectivity index (χ1) is 9.71. The number of hydrogen-bond acceptors (Lipinski definition) is 6. The van der Waals surface area contributed by atoms with E-state index >= 15 is 0 Å². The standard InChI is InChI=1S/C13H21ClN4OS/c1-3-7-19-13-17-11(14)16-12(18-13)15-9-5-6-10(8-9)20-4-2/h9-10H,3-8H2,1-2H3,(H,15,16,17,18). The summed E-state index contributed by atoms with van der Waals surface area (Å²) in [6.07, 6.45) is 4.44. The van der Waals surface area contributed by atoms with Crippen molar-refractivity contribution in [2.45, 2.75) is 50.8 Å². The van der Waals surface area contributed by atoms with Crippen molar-refractivity contribution >= 4 is 29.3 Å². The Hall–Kier alpha value is -0.750. The first-order valence-corrected chi connectivity index (χ1v) is 8.56. The van der Waals surface area contributed by atoms with E-state index in [0.29, 0.717) is 24.6 Å². The second-order valence-corrected chi connectivity index (χ2v) is 6.71. The Balaban J connectivity index is 1.93. The molecule has 0 aromatic carbocycles. The molecule has 2 atom stereocenters. The number of hydrogen-bond donors (Lipinski definition) is 1. The predicted molar refractivity (Wildman–Crippen MR) is 83.8 cm³/mol. The van der Waals surface area contributed by atoms with Crippen LogP contribution in [0.1, 0.15) is 39.5 Å². The van der Waals surface area contributed by atoms with Gasteiger partial charge in [0.15, 0.2) is 0 Å². The van der Waals surface area contributed by atoms with E-state index in [2.05, 4.69) is 27.2 Å². The van der Waals surface area contributed by atoms with Crippen LogP contribution in [0, 0.1) is 0 Å². The van der Waals surface area contributed by atoms with E-state index in [0.717, 1.165) is 24.5 Å². The summed E-state index contributed by atoms with van der Waals surface area (Å²) in [6, 6.07) is 0.711. The summed E-state index contributed by atoms with van der Waals surface area (Å²) in [6.45, 7) is 4.82. The summed E-state index contributed by atoms with van der Waals surface area (Å²) in [5.74, 6) is 1.69. The molecule has 1 saturated carbocycles. The normalized spacial score (nSPS) is 21.9. The Morgan fingerprint density at radius 1 is 1.30 bits per heavy atom. The quantitative estimate of drug-likeness (QED) is 0.832. The number of nitrogens with zero attached hydrogens (tertiary/aromatic N) is 3. The van der Waals surface area contributed by atoms with Gasteiger partial charge >= 0.3 is 6.01 Å². The van der Waals surface area contributed by atoms with Crippen molar-refractivity contribution in [3.63, 3.8) is 0 Å². The monoisotopic (exact) mass is 316 g/mol. The van der Waals surface area contributed by atoms with Crippen LogP contribution in [-0.2, 0) is 0 Å². The van der Waals surface area contributed by atoms with Gasteiger partial charge in [-0.2, -0.15) is 26.7 Å². The van der Waals surface area contributed by atoms with E-state index in [1.165, 1.54) is 12.2 Å². The highest BCUT2D eigenvalue weighted by atomic mass is 35.5. The molecule has 1 heterocycles. The van der Waals surface area contributed by atoms with Crippen LogP contribution in [0.4, 0.5) is 5.95 Å². The van der Waals surface area contributed by atoms with E-state index in [4.69, 9.17) is 16.3 Å². The van der Waals surface area contributed by atoms with E-state index in [9.17, 15) is 0 Å². The molecule has 0 amide bonds. The van der Waals surface area contributed by atoms with E-state index in [-0.39, 0.29) is 5.28 Å². The van der Waals surface area contributed by atoms with Gasteiger partial charge in [-0.05, 0) is 43.0 Å². The minimum atomic E-state index is 0.172. The Morgan fingerprint density at radius 2 is 2.15 bits per heavy atom. The summed E-state index contributed by atoms with van der Waals surface area (Å²) < 4.78 is 5.41. The summed E-state index contributed by atoms with van der Waals surface area (Å²) in [5.41, 5.74) is 0. The van der Waals surface area contributed by atoms with Crippen molar-refractivity contribution in [2.24, 2.45) is 0 Å². The summed E-state index contributed by atoms with van der Waals surface area (Å²) in [5, 5.41) is 4.26. The Bertz CT molecular complexity index is 435. The third-order valence-corrected chi connectivity index (χ3v) is 4.54. The fraction of sp³-hybridized carbons (Fsp3) is 0.769. The van der Waals surface area contributed by atoms with E-state index in [1.54, 1.807) is 0 Å². The topological polar surface area (TPSA) is 59.9 Å². The number of ether oxygens (including phenoxy) is 1. The molecule has 1 aromatic heterocycles. The van der Waals surface area contributed by atoms with Crippen LogP contribution in [0.3, 0.4) is 0 Å². The molecular weight excluding hydrogens is 296 g/mol. The van der Waals surface area contributed by atoms with Gasteiger partial charge in [0, 0.05) is 11.3 Å². The van der Waals surface area contributed by atoms with Crippen LogP contribution in [-0.4, -0.2) is 38.6 Å². The Morgan fingerprint density at radius 3 is 2.90 bits per heavy atom. The highest BCUT2D eigenvalue weighted by Gasteiger charge is 2.25. The molecule has 1 aromatic rings. The molecular formula is C13H21ClN4OS. The fourth-order valence-electron chi connectivity index (χ4n) is 2.30. The SMILES string of the molecule is CCCOc1nc(Cl)nc(NC2CCC(SCC)C2)n1. The molecule has 7 heteroatoms. The van der Waals surface area contributed by atoms with Crippen molar-refractivity contribution in [3.8, 4) is 6.01 Å². The van der Waals surface area contributed by atoms with Crippen molar-refractivity contribution in [2.75, 3.05) is 17.7 Å². The number of aromatic nitrogens is 3. The van der Waals surface area contributed by atoms with Crippen molar-refractivity contribution in [3.05, 3.63) is 5.28 Å². The molecule has 1 aliphatic rings. The molecule has 0 aliphatic heterocycles. The zero-order valence-electron chi connectivity index (χ0n) is 11.9. The number of nitrogens with one attached hydrogen (secondary N) is 1. The molecule has 1 fully saturated rings. The summed E-state index contributed by atoms with van der Waals surface area (Å²) >= 11 is 7.93. The number of rotatable bonds is 7. The molecule has 1 aliphatic carbocycles. The lowest BCUT2D eigenvalue weighted by Crippen LogP contribution is -2.18. The zero-order chi connectivity index (χ0) is 14.4. The molecule has 0 bridgehead atoms. The van der Waals surface area contributed by atoms with Gasteiger partial charge in [-0.25, -0.2) is 0 Å². The van der Waals surface area contributed by atoms with Crippen molar-refractivity contribution in [1.29, 1.82) is 0 Å². The molecule has 0 spiro atoms. The highest BCUT2D eigenvalue weighted by Crippen LogP contribution is 2.31. The molecule has 2 rings (SSSR count). The van der Waals surface area contributed by atoms with Crippen LogP contribution in [0.15, 0.2) is 0 Å². The van der Waals surface area contributed by atoms with Crippen LogP contribution in [0.5, 0.6) is 6.01 Å². The molecule has 5 nitrogen and oxygen atoms in total. The molecule has 20 heavy (non-hydrogen) atoms. The minimum Gasteiger partial charge on any atom is -0.463 e. The van der Waals surface area contributed by atoms with Crippen LogP contribution in [0.2, 0.25) is 5.28 Å². The third-order valence-electron chi connectivity index (χ3n) is 3.14. The first kappa shape index (κ1) is 15.6. The van der Waals surface area contributed by atoms with Gasteiger partial charge in [-0.1, -0.05) is 13.8 Å². The summed E-state index contributed by atoms with van der Waals surface area (Å²) in [4.78, 5) is 12.3. The van der Waals surface area contributed by atoms with E-state index < -0.39 is 0 Å². The maximum atomic E-state index is 5.91. The lowest BCUT2D eigenvalue weighted by Gasteiger charge is -2.13. The van der Waals surface area contributed by atoms with Gasteiger partial charge in [0.2, 0.25) is 11.2 Å². The maximum Gasteiger partial charge on any atom is 0.322 e. The maximum absolute atomic E-state index is 5.91. The van der Waals surface area contributed by atoms with Gasteiger partial charge in [0.25, 0.3) is 0 Å². The molecule has 1 N–H and O–H groups in total. The molecule has 112 valence electrons. The smallest absolute Gasteiger partial charge is 0.322 e. The van der Waals surface area contributed by atoms with Crippen LogP contribution in [0.25, 0.3) is 0 Å². The lowest BCUT2D eigenvalue weighted by molar-refractivity contribution is 0.291. The van der Waals surface area contributed by atoms with Crippen LogP contribution < -0.4 is 10.1 Å². The number of anilines is 1. The fourth-order valence-corrected chi connectivity index (χ4v) is 3.59. The minimum absolute atomic E-state index is 0.172. The average Bonchev–Trinajstić information content (AvgIpc) is 2.83. The molecule has 0 saturated heterocycles. The predicted octanol–water partition coefficient (Wildman–Crippen LogP) is 3.40. The van der Waals surface area contributed by atoms with E-state index in [1.807, 2.05) is 18.7 Å². The molecule has 2 unspecified atom stereocenters. The largest absolute Gasteiger partial charge is 0.463 e. The zero-order valence-corrected chi connectivity index (χ0v) is 13.5. The first-order valence-electron chi connectivity index (χ1n) is 7.13. The van der Waals surface area contributed by atoms with Gasteiger partial charge in [0.05, 0.1) is 6.61 Å². The second kappa shape index (κ2) is 7.88. The Labute approximate surface area is 129 Å². The second-order valence-electron chi connectivity index (χ2n) is 4.79. The van der Waals surface area contributed by atoms with Gasteiger partial charge in [0.1, 0.15) is 0 Å². The van der Waals surface area contributed by atoms with Gasteiger partial charge in [-0.3, -0.25) is 0 Å². The van der Waals surface area contributed by atoms with Gasteiger partial charge < -0.3 is 10.1 Å². The molecule has 0 radical (unpaired) electrons. The van der Waals surface area contributed by atoms with Crippen molar-refractivity contribution in [1.82, 2.24) is 15.0 Å². The van der Waals surface area contributed by atoms with Crippen molar-refractivity contribution < 1.29 is 4.74 Å². The Kier molecular flexibility index (Phi) is 6.16. The number of thioether (sulfide) groups is 1. The average molecular weight is 317 g/mol. The third kappa shape index (κ3) is 4.66. The summed E-state index contributed by atoms with van der Waals surface area (Å²) in [7, 11) is 0. The van der Waals surface area contributed by atoms with Crippen LogP contribution >= 0.6 is 23.4 Å². The lowest BCUT2D eigenvalue weighted by atomic mass is 10.2. The highest BCUT2D eigenvalue weighted by molar-refractivity contribution is 7.99.